The van der Waals surface area contributed by atoms with Crippen LogP contribution < -0.4 is 15.4 Å². The predicted molar refractivity (Wildman–Crippen MR) is 125 cm³/mol. The van der Waals surface area contributed by atoms with Crippen molar-refractivity contribution in [1.29, 1.82) is 5.26 Å². The van der Waals surface area contributed by atoms with Gasteiger partial charge in [0.25, 0.3) is 11.8 Å². The molecule has 172 valence electrons. The molecule has 0 saturated carbocycles. The maximum Gasteiger partial charge on any atom is 0.253 e. The van der Waals surface area contributed by atoms with Crippen molar-refractivity contribution >= 4 is 17.5 Å². The van der Waals surface area contributed by atoms with Crippen molar-refractivity contribution in [2.24, 2.45) is 5.73 Å². The lowest BCUT2D eigenvalue weighted by atomic mass is 10.1. The number of anilines is 1. The molecule has 0 radical (unpaired) electrons. The van der Waals surface area contributed by atoms with Gasteiger partial charge < -0.3 is 20.3 Å². The van der Waals surface area contributed by atoms with Crippen LogP contribution in [0.25, 0.3) is 0 Å². The molecule has 1 saturated heterocycles. The van der Waals surface area contributed by atoms with Crippen LogP contribution in [0.4, 0.5) is 10.1 Å². The fourth-order valence-electron chi connectivity index (χ4n) is 3.97. The molecule has 8 heteroatoms. The summed E-state index contributed by atoms with van der Waals surface area (Å²) in [5.41, 5.74) is 7.57. The van der Waals surface area contributed by atoms with Gasteiger partial charge in [-0.3, -0.25) is 9.59 Å². The Morgan fingerprint density at radius 2 is 1.74 bits per heavy atom. The van der Waals surface area contributed by atoms with Gasteiger partial charge in [0.1, 0.15) is 29.8 Å². The number of rotatable bonds is 6. The second kappa shape index (κ2) is 10.0. The first-order valence-corrected chi connectivity index (χ1v) is 10.8. The summed E-state index contributed by atoms with van der Waals surface area (Å²) in [6.45, 7) is 2.07. The topological polar surface area (TPSA) is 99.7 Å². The number of piperazine rings is 1. The third-order valence-corrected chi connectivity index (χ3v) is 5.73. The van der Waals surface area contributed by atoms with Gasteiger partial charge in [-0.25, -0.2) is 4.39 Å². The molecule has 1 aliphatic rings. The van der Waals surface area contributed by atoms with E-state index in [9.17, 15) is 19.2 Å². The first kappa shape index (κ1) is 22.8. The summed E-state index contributed by atoms with van der Waals surface area (Å²) >= 11 is 0. The Morgan fingerprint density at radius 3 is 2.47 bits per heavy atom. The average molecular weight is 458 g/mol. The van der Waals surface area contributed by atoms with Gasteiger partial charge in [-0.05, 0) is 42.0 Å². The number of para-hydroxylation sites is 1. The highest BCUT2D eigenvalue weighted by Crippen LogP contribution is 2.24. The molecule has 3 aromatic rings. The zero-order valence-corrected chi connectivity index (χ0v) is 18.4. The van der Waals surface area contributed by atoms with E-state index in [0.717, 1.165) is 5.56 Å². The van der Waals surface area contributed by atoms with Crippen LogP contribution in [-0.2, 0) is 6.61 Å². The van der Waals surface area contributed by atoms with Crippen molar-refractivity contribution in [2.75, 3.05) is 31.1 Å². The van der Waals surface area contributed by atoms with Crippen LogP contribution in [0.15, 0.2) is 66.7 Å². The van der Waals surface area contributed by atoms with Crippen molar-refractivity contribution < 1.29 is 18.7 Å². The second-order valence-corrected chi connectivity index (χ2v) is 7.87. The Balaban J connectivity index is 1.40. The molecule has 0 unspecified atom stereocenters. The first-order chi connectivity index (χ1) is 16.5. The van der Waals surface area contributed by atoms with E-state index in [-0.39, 0.29) is 18.1 Å². The number of benzene rings is 3. The lowest BCUT2D eigenvalue weighted by Gasteiger charge is -2.36. The van der Waals surface area contributed by atoms with E-state index >= 15 is 0 Å². The zero-order chi connectivity index (χ0) is 24.1. The number of hydrogen-bond acceptors (Lipinski definition) is 5. The molecule has 0 bridgehead atoms. The molecule has 0 atom stereocenters. The van der Waals surface area contributed by atoms with E-state index in [1.807, 2.05) is 17.0 Å². The number of hydrogen-bond donors (Lipinski definition) is 1. The number of nitriles is 1. The molecule has 1 heterocycles. The molecule has 0 spiro atoms. The second-order valence-electron chi connectivity index (χ2n) is 7.87. The van der Waals surface area contributed by atoms with Crippen LogP contribution in [0, 0.1) is 17.1 Å². The first-order valence-electron chi connectivity index (χ1n) is 10.8. The Labute approximate surface area is 196 Å². The number of nitrogens with two attached hydrogens (primary N) is 1. The summed E-state index contributed by atoms with van der Waals surface area (Å²) in [7, 11) is 0. The number of carbonyl (C=O) groups is 2. The fraction of sp³-hybridized carbons (Fsp3) is 0.192. The molecule has 1 aliphatic heterocycles. The molecule has 3 aromatic carbocycles. The van der Waals surface area contributed by atoms with Gasteiger partial charge in [0.15, 0.2) is 0 Å². The summed E-state index contributed by atoms with van der Waals surface area (Å²) in [5, 5.41) is 9.29. The van der Waals surface area contributed by atoms with Crippen molar-refractivity contribution in [3.8, 4) is 11.8 Å². The number of amides is 2. The van der Waals surface area contributed by atoms with Crippen LogP contribution >= 0.6 is 0 Å². The van der Waals surface area contributed by atoms with Crippen molar-refractivity contribution in [3.63, 3.8) is 0 Å². The van der Waals surface area contributed by atoms with E-state index in [0.29, 0.717) is 48.7 Å². The van der Waals surface area contributed by atoms with Gasteiger partial charge in [0.2, 0.25) is 0 Å². The van der Waals surface area contributed by atoms with Gasteiger partial charge in [-0.2, -0.15) is 5.26 Å². The largest absolute Gasteiger partial charge is 0.488 e. The van der Waals surface area contributed by atoms with Crippen LogP contribution in [0.1, 0.15) is 31.8 Å². The molecule has 1 fully saturated rings. The highest BCUT2D eigenvalue weighted by atomic mass is 19.1. The molecule has 34 heavy (non-hydrogen) atoms. The van der Waals surface area contributed by atoms with Crippen molar-refractivity contribution in [2.45, 2.75) is 6.61 Å². The SMILES string of the molecule is N#Cc1c(F)cccc1N1CCN(C(=O)c2cccc(COc3ccccc3C(N)=O)c2)CC1. The maximum atomic E-state index is 14.0. The molecule has 7 nitrogen and oxygen atoms in total. The monoisotopic (exact) mass is 458 g/mol. The van der Waals surface area contributed by atoms with E-state index in [2.05, 4.69) is 0 Å². The highest BCUT2D eigenvalue weighted by molar-refractivity contribution is 5.95. The fourth-order valence-corrected chi connectivity index (χ4v) is 3.97. The van der Waals surface area contributed by atoms with Crippen molar-refractivity contribution in [3.05, 3.63) is 94.8 Å². The Hall–Kier alpha value is -4.38. The maximum absolute atomic E-state index is 14.0. The minimum absolute atomic E-state index is 0.0212. The van der Waals surface area contributed by atoms with Gasteiger partial charge in [0, 0.05) is 31.7 Å². The van der Waals surface area contributed by atoms with Crippen molar-refractivity contribution in [1.82, 2.24) is 4.90 Å². The number of halogens is 1. The lowest BCUT2D eigenvalue weighted by Crippen LogP contribution is -2.49. The lowest BCUT2D eigenvalue weighted by molar-refractivity contribution is 0.0746. The van der Waals surface area contributed by atoms with Crippen LogP contribution in [0.2, 0.25) is 0 Å². The zero-order valence-electron chi connectivity index (χ0n) is 18.4. The molecule has 4 rings (SSSR count). The molecule has 2 amide bonds. The summed E-state index contributed by atoms with van der Waals surface area (Å²) < 4.78 is 19.7. The summed E-state index contributed by atoms with van der Waals surface area (Å²) in [4.78, 5) is 28.3. The normalized spacial score (nSPS) is 13.3. The summed E-state index contributed by atoms with van der Waals surface area (Å²) in [6, 6.07) is 20.4. The van der Waals surface area contributed by atoms with Gasteiger partial charge in [-0.15, -0.1) is 0 Å². The molecule has 0 aromatic heterocycles. The molecule has 2 N–H and O–H groups in total. The summed E-state index contributed by atoms with van der Waals surface area (Å²) in [6.07, 6.45) is 0. The quantitative estimate of drug-likeness (QED) is 0.611. The third kappa shape index (κ3) is 4.84. The van der Waals surface area contributed by atoms with E-state index in [1.165, 1.54) is 6.07 Å². The molecule has 0 aliphatic carbocycles. The van der Waals surface area contributed by atoms with Gasteiger partial charge in [0.05, 0.1) is 11.3 Å². The highest BCUT2D eigenvalue weighted by Gasteiger charge is 2.24. The Morgan fingerprint density at radius 1 is 1.00 bits per heavy atom. The van der Waals surface area contributed by atoms with Crippen LogP contribution in [0.5, 0.6) is 5.75 Å². The Kier molecular flexibility index (Phi) is 6.74. The Bertz CT molecular complexity index is 1260. The average Bonchev–Trinajstić information content (AvgIpc) is 2.87. The minimum atomic E-state index is -0.571. The minimum Gasteiger partial charge on any atom is -0.488 e. The predicted octanol–water partition coefficient (Wildman–Crippen LogP) is 3.34. The number of ether oxygens (including phenoxy) is 1. The van der Waals surface area contributed by atoms with Gasteiger partial charge in [-0.1, -0.05) is 30.3 Å². The summed E-state index contributed by atoms with van der Waals surface area (Å²) in [5.74, 6) is -0.842. The van der Waals surface area contributed by atoms with E-state index in [4.69, 9.17) is 10.5 Å². The third-order valence-electron chi connectivity index (χ3n) is 5.73. The smallest absolute Gasteiger partial charge is 0.253 e. The number of carbonyl (C=O) groups excluding carboxylic acids is 2. The standard InChI is InChI=1S/C26H23FN4O3/c27-22-8-4-9-23(21(22)16-28)30-11-13-31(14-12-30)26(33)19-6-3-5-18(15-19)17-34-24-10-2-1-7-20(24)25(29)32/h1-10,15H,11-14,17H2,(H2,29,32). The van der Waals surface area contributed by atoms with Gasteiger partial charge >= 0.3 is 0 Å². The number of nitrogens with zero attached hydrogens (tertiary/aromatic N) is 3. The molecular weight excluding hydrogens is 435 g/mol. The van der Waals surface area contributed by atoms with E-state index < -0.39 is 11.7 Å². The van der Waals surface area contributed by atoms with Crippen LogP contribution in [0.3, 0.4) is 0 Å². The van der Waals surface area contributed by atoms with Crippen LogP contribution in [-0.4, -0.2) is 42.9 Å². The number of primary amides is 1. The van der Waals surface area contributed by atoms with E-state index in [1.54, 1.807) is 59.5 Å². The molecular formula is C26H23FN4O3.